The summed E-state index contributed by atoms with van der Waals surface area (Å²) in [6, 6.07) is 7.73. The minimum atomic E-state index is 0.522. The highest BCUT2D eigenvalue weighted by molar-refractivity contribution is 6.30. The van der Waals surface area contributed by atoms with Crippen LogP contribution in [0.4, 0.5) is 0 Å². The number of nitrogens with zero attached hydrogens (tertiary/aromatic N) is 2. The van der Waals surface area contributed by atoms with Crippen LogP contribution in [0.5, 0.6) is 5.75 Å². The maximum atomic E-state index is 6.13. The fourth-order valence-electron chi connectivity index (χ4n) is 1.90. The molecule has 2 rings (SSSR count). The summed E-state index contributed by atoms with van der Waals surface area (Å²) in [5, 5.41) is 0.522. The molecule has 0 unspecified atom stereocenters. The Kier molecular flexibility index (Phi) is 3.89. The molecule has 5 heteroatoms. The summed E-state index contributed by atoms with van der Waals surface area (Å²) in [4.78, 5) is 4.39. The zero-order chi connectivity index (χ0) is 13.1. The lowest BCUT2D eigenvalue weighted by molar-refractivity contribution is 0.415. The first-order valence-electron chi connectivity index (χ1n) is 5.73. The van der Waals surface area contributed by atoms with Crippen LogP contribution in [-0.2, 0) is 13.5 Å². The molecule has 1 heterocycles. The lowest BCUT2D eigenvalue weighted by atomic mass is 10.2. The van der Waals surface area contributed by atoms with Crippen molar-refractivity contribution in [3.63, 3.8) is 0 Å². The minimum absolute atomic E-state index is 0.522. The molecule has 0 saturated carbocycles. The zero-order valence-corrected chi connectivity index (χ0v) is 11.2. The Balaban J connectivity index is 2.40. The molecule has 2 aromatic rings. The molecule has 0 atom stereocenters. The van der Waals surface area contributed by atoms with E-state index in [0.717, 1.165) is 29.3 Å². The monoisotopic (exact) mass is 265 g/mol. The van der Waals surface area contributed by atoms with Crippen molar-refractivity contribution in [2.24, 2.45) is 12.8 Å². The largest absolute Gasteiger partial charge is 0.497 e. The summed E-state index contributed by atoms with van der Waals surface area (Å²) in [5.41, 5.74) is 7.53. The van der Waals surface area contributed by atoms with Crippen LogP contribution in [-0.4, -0.2) is 23.2 Å². The van der Waals surface area contributed by atoms with E-state index in [-0.39, 0.29) is 0 Å². The van der Waals surface area contributed by atoms with Gasteiger partial charge in [-0.1, -0.05) is 11.6 Å². The molecule has 96 valence electrons. The Labute approximate surface area is 111 Å². The second-order valence-corrected chi connectivity index (χ2v) is 4.36. The number of methoxy groups -OCH3 is 1. The summed E-state index contributed by atoms with van der Waals surface area (Å²) in [6.07, 6.45) is 0.721. The zero-order valence-electron chi connectivity index (χ0n) is 10.5. The molecule has 4 nitrogen and oxygen atoms in total. The number of benzene rings is 1. The van der Waals surface area contributed by atoms with Crippen molar-refractivity contribution in [3.05, 3.63) is 35.1 Å². The van der Waals surface area contributed by atoms with Gasteiger partial charge in [-0.3, -0.25) is 0 Å². The molecule has 0 aliphatic rings. The smallest absolute Gasteiger partial charge is 0.151 e. The van der Waals surface area contributed by atoms with Gasteiger partial charge in [-0.25, -0.2) is 4.98 Å². The van der Waals surface area contributed by atoms with Gasteiger partial charge in [-0.05, 0) is 30.8 Å². The molecule has 0 fully saturated rings. The summed E-state index contributed by atoms with van der Waals surface area (Å²) in [5.74, 6) is 1.66. The second-order valence-electron chi connectivity index (χ2n) is 4.00. The third-order valence-corrected chi connectivity index (χ3v) is 3.20. The Hall–Kier alpha value is -1.52. The van der Waals surface area contributed by atoms with Crippen LogP contribution in [0.15, 0.2) is 24.3 Å². The lowest BCUT2D eigenvalue weighted by Gasteiger charge is -2.06. The molecule has 0 amide bonds. The van der Waals surface area contributed by atoms with Crippen LogP contribution in [0.1, 0.15) is 5.69 Å². The predicted molar refractivity (Wildman–Crippen MR) is 73.0 cm³/mol. The summed E-state index contributed by atoms with van der Waals surface area (Å²) >= 11 is 6.13. The Bertz CT molecular complexity index is 534. The standard InChI is InChI=1S/C13H16ClN3O/c1-17-11(7-8-15)12(14)16-13(17)9-3-5-10(18-2)6-4-9/h3-6H,7-8,15H2,1-2H3. The normalized spacial score (nSPS) is 10.7. The first kappa shape index (κ1) is 12.9. The van der Waals surface area contributed by atoms with Crippen molar-refractivity contribution in [2.75, 3.05) is 13.7 Å². The molecule has 2 N–H and O–H groups in total. The molecule has 18 heavy (non-hydrogen) atoms. The van der Waals surface area contributed by atoms with Gasteiger partial charge in [-0.15, -0.1) is 0 Å². The van der Waals surface area contributed by atoms with E-state index in [4.69, 9.17) is 22.1 Å². The summed E-state index contributed by atoms with van der Waals surface area (Å²) in [7, 11) is 3.59. The van der Waals surface area contributed by atoms with E-state index in [1.165, 1.54) is 0 Å². The molecular formula is C13H16ClN3O. The number of hydrogen-bond donors (Lipinski definition) is 1. The SMILES string of the molecule is COc1ccc(-c2nc(Cl)c(CCN)n2C)cc1. The molecule has 0 spiro atoms. The first-order chi connectivity index (χ1) is 8.67. The first-order valence-corrected chi connectivity index (χ1v) is 6.10. The van der Waals surface area contributed by atoms with Crippen LogP contribution in [0, 0.1) is 0 Å². The highest BCUT2D eigenvalue weighted by Crippen LogP contribution is 2.26. The van der Waals surface area contributed by atoms with Gasteiger partial charge in [0.05, 0.1) is 12.8 Å². The van der Waals surface area contributed by atoms with Gasteiger partial charge in [0, 0.05) is 19.0 Å². The Morgan fingerprint density at radius 3 is 2.56 bits per heavy atom. The van der Waals surface area contributed by atoms with E-state index in [0.29, 0.717) is 11.7 Å². The number of hydrogen-bond acceptors (Lipinski definition) is 3. The second kappa shape index (κ2) is 5.42. The minimum Gasteiger partial charge on any atom is -0.497 e. The molecule has 1 aromatic heterocycles. The van der Waals surface area contributed by atoms with Crippen molar-refractivity contribution < 1.29 is 4.74 Å². The topological polar surface area (TPSA) is 53.1 Å². The Morgan fingerprint density at radius 2 is 2.00 bits per heavy atom. The van der Waals surface area contributed by atoms with Crippen LogP contribution < -0.4 is 10.5 Å². The lowest BCUT2D eigenvalue weighted by Crippen LogP contribution is -2.07. The van der Waals surface area contributed by atoms with Gasteiger partial charge in [-0.2, -0.15) is 0 Å². The van der Waals surface area contributed by atoms with E-state index in [1.807, 2.05) is 35.9 Å². The van der Waals surface area contributed by atoms with Crippen LogP contribution >= 0.6 is 11.6 Å². The quantitative estimate of drug-likeness (QED) is 0.923. The van der Waals surface area contributed by atoms with Gasteiger partial charge in [0.2, 0.25) is 0 Å². The average Bonchev–Trinajstić information content (AvgIpc) is 2.67. The highest BCUT2D eigenvalue weighted by Gasteiger charge is 2.13. The highest BCUT2D eigenvalue weighted by atomic mass is 35.5. The summed E-state index contributed by atoms with van der Waals surface area (Å²) in [6.45, 7) is 0.557. The third-order valence-electron chi connectivity index (χ3n) is 2.89. The average molecular weight is 266 g/mol. The molecule has 0 radical (unpaired) electrons. The van der Waals surface area contributed by atoms with Crippen LogP contribution in [0.3, 0.4) is 0 Å². The van der Waals surface area contributed by atoms with E-state index < -0.39 is 0 Å². The number of halogens is 1. The molecule has 1 aromatic carbocycles. The number of ether oxygens (including phenoxy) is 1. The van der Waals surface area contributed by atoms with Crippen molar-refractivity contribution >= 4 is 11.6 Å². The van der Waals surface area contributed by atoms with E-state index in [2.05, 4.69) is 4.98 Å². The van der Waals surface area contributed by atoms with Gasteiger partial charge in [0.1, 0.15) is 11.6 Å². The van der Waals surface area contributed by atoms with Gasteiger partial charge in [0.25, 0.3) is 0 Å². The van der Waals surface area contributed by atoms with Crippen molar-refractivity contribution in [3.8, 4) is 17.1 Å². The van der Waals surface area contributed by atoms with E-state index in [1.54, 1.807) is 7.11 Å². The van der Waals surface area contributed by atoms with Crippen molar-refractivity contribution in [2.45, 2.75) is 6.42 Å². The molecule has 0 aliphatic heterocycles. The number of nitrogens with two attached hydrogens (primary N) is 1. The van der Waals surface area contributed by atoms with Gasteiger partial charge < -0.3 is 15.0 Å². The van der Waals surface area contributed by atoms with E-state index in [9.17, 15) is 0 Å². The van der Waals surface area contributed by atoms with Crippen molar-refractivity contribution in [1.29, 1.82) is 0 Å². The fourth-order valence-corrected chi connectivity index (χ4v) is 2.21. The van der Waals surface area contributed by atoms with Crippen LogP contribution in [0.2, 0.25) is 5.15 Å². The maximum absolute atomic E-state index is 6.13. The van der Waals surface area contributed by atoms with Gasteiger partial charge >= 0.3 is 0 Å². The maximum Gasteiger partial charge on any atom is 0.151 e. The van der Waals surface area contributed by atoms with Crippen LogP contribution in [0.25, 0.3) is 11.4 Å². The third kappa shape index (κ3) is 2.35. The Morgan fingerprint density at radius 1 is 1.33 bits per heavy atom. The number of imidazole rings is 1. The predicted octanol–water partition coefficient (Wildman–Crippen LogP) is 2.25. The molecule has 0 aliphatic carbocycles. The number of rotatable bonds is 4. The molecule has 0 bridgehead atoms. The molecule has 0 saturated heterocycles. The number of aromatic nitrogens is 2. The van der Waals surface area contributed by atoms with Crippen molar-refractivity contribution in [1.82, 2.24) is 9.55 Å². The van der Waals surface area contributed by atoms with Gasteiger partial charge in [0.15, 0.2) is 5.15 Å². The summed E-state index contributed by atoms with van der Waals surface area (Å²) < 4.78 is 7.12. The fraction of sp³-hybridized carbons (Fsp3) is 0.308. The molecular weight excluding hydrogens is 250 g/mol. The van der Waals surface area contributed by atoms with E-state index >= 15 is 0 Å².